The fourth-order valence-electron chi connectivity index (χ4n) is 4.93. The van der Waals surface area contributed by atoms with E-state index in [4.69, 9.17) is 9.47 Å². The topological polar surface area (TPSA) is 24.9 Å². The highest BCUT2D eigenvalue weighted by Gasteiger charge is 2.43. The smallest absolute Gasteiger partial charge is 0.123 e. The third-order valence-electron chi connectivity index (χ3n) is 6.77. The van der Waals surface area contributed by atoms with Crippen LogP contribution in [0.4, 0.5) is 0 Å². The normalized spacial score (nSPS) is 27.0. The molecule has 0 N–H and O–H groups in total. The molecular weight excluding hydrogens is 312 g/mol. The van der Waals surface area contributed by atoms with Gasteiger partial charge in [-0.3, -0.25) is 4.90 Å². The number of piperidine rings is 1. The van der Waals surface area contributed by atoms with Crippen molar-refractivity contribution in [3.8, 4) is 5.75 Å². The lowest BCUT2D eigenvalue weighted by Gasteiger charge is -2.45. The minimum atomic E-state index is 0.0835. The van der Waals surface area contributed by atoms with Crippen molar-refractivity contribution in [2.45, 2.75) is 56.7 Å². The maximum Gasteiger partial charge on any atom is 0.123 e. The van der Waals surface area contributed by atoms with Gasteiger partial charge in [0.2, 0.25) is 0 Å². The van der Waals surface area contributed by atoms with Gasteiger partial charge in [0.05, 0.1) is 13.2 Å². The molecule has 3 heterocycles. The summed E-state index contributed by atoms with van der Waals surface area (Å²) in [5.41, 5.74) is 2.94. The van der Waals surface area contributed by atoms with E-state index in [1.165, 1.54) is 56.3 Å². The van der Waals surface area contributed by atoms with Gasteiger partial charge in [-0.25, -0.2) is 0 Å². The summed E-state index contributed by atoms with van der Waals surface area (Å²) < 4.78 is 12.0. The molecule has 4 heteroatoms. The average Bonchev–Trinajstić information content (AvgIpc) is 2.94. The van der Waals surface area contributed by atoms with E-state index >= 15 is 0 Å². The van der Waals surface area contributed by atoms with Crippen molar-refractivity contribution in [3.05, 3.63) is 29.3 Å². The standard InChI is InChI=1S/C21H30N2O2/c1-2-19(3-1)23-8-6-21(7-9-23)15-18-14-17(4-5-20(18)25-21)16-22-10-12-24-13-11-22/h4-5,14,19H,1-3,6-13,15-16H2. The fourth-order valence-corrected chi connectivity index (χ4v) is 4.93. The molecule has 1 spiro atoms. The Morgan fingerprint density at radius 3 is 2.56 bits per heavy atom. The van der Waals surface area contributed by atoms with Crippen LogP contribution in [0, 0.1) is 0 Å². The van der Waals surface area contributed by atoms with Crippen molar-refractivity contribution >= 4 is 0 Å². The van der Waals surface area contributed by atoms with Crippen molar-refractivity contribution in [3.63, 3.8) is 0 Å². The van der Waals surface area contributed by atoms with Gasteiger partial charge in [0, 0.05) is 58.0 Å². The van der Waals surface area contributed by atoms with Crippen LogP contribution >= 0.6 is 0 Å². The predicted octanol–water partition coefficient (Wildman–Crippen LogP) is 2.84. The number of ether oxygens (including phenoxy) is 2. The number of benzene rings is 1. The summed E-state index contributed by atoms with van der Waals surface area (Å²) in [6.07, 6.45) is 7.75. The molecule has 4 nitrogen and oxygen atoms in total. The largest absolute Gasteiger partial charge is 0.487 e. The van der Waals surface area contributed by atoms with Crippen molar-refractivity contribution in [2.24, 2.45) is 0 Å². The zero-order valence-electron chi connectivity index (χ0n) is 15.2. The molecular formula is C21H30N2O2. The Hall–Kier alpha value is -1.10. The molecule has 3 fully saturated rings. The third-order valence-corrected chi connectivity index (χ3v) is 6.77. The summed E-state index contributed by atoms with van der Waals surface area (Å²) in [5, 5.41) is 0. The zero-order chi connectivity index (χ0) is 16.7. The molecule has 1 saturated carbocycles. The summed E-state index contributed by atoms with van der Waals surface area (Å²) in [6, 6.07) is 7.76. The molecule has 1 aromatic rings. The third kappa shape index (κ3) is 3.20. The van der Waals surface area contributed by atoms with E-state index in [0.29, 0.717) is 0 Å². The summed E-state index contributed by atoms with van der Waals surface area (Å²) in [5.74, 6) is 1.14. The monoisotopic (exact) mass is 342 g/mol. The molecule has 2 saturated heterocycles. The van der Waals surface area contributed by atoms with E-state index < -0.39 is 0 Å². The molecule has 1 aromatic carbocycles. The van der Waals surface area contributed by atoms with Gasteiger partial charge in [0.25, 0.3) is 0 Å². The van der Waals surface area contributed by atoms with E-state index in [0.717, 1.165) is 51.1 Å². The van der Waals surface area contributed by atoms with Crippen LogP contribution in [0.1, 0.15) is 43.2 Å². The minimum absolute atomic E-state index is 0.0835. The highest BCUT2D eigenvalue weighted by molar-refractivity contribution is 5.42. The van der Waals surface area contributed by atoms with E-state index in [1.54, 1.807) is 0 Å². The second-order valence-corrected chi connectivity index (χ2v) is 8.41. The molecule has 0 aromatic heterocycles. The van der Waals surface area contributed by atoms with Crippen molar-refractivity contribution in [1.29, 1.82) is 0 Å². The Balaban J connectivity index is 1.23. The lowest BCUT2D eigenvalue weighted by atomic mass is 9.83. The average molecular weight is 342 g/mol. The SMILES string of the molecule is c1cc2c(cc1CN1CCOCC1)CC1(CCN(C3CCC3)CC1)O2. The van der Waals surface area contributed by atoms with Crippen LogP contribution in [0.15, 0.2) is 18.2 Å². The Kier molecular flexibility index (Phi) is 4.23. The molecule has 4 aliphatic rings. The quantitative estimate of drug-likeness (QED) is 0.843. The maximum atomic E-state index is 6.50. The van der Waals surface area contributed by atoms with Gasteiger partial charge in [-0.1, -0.05) is 18.6 Å². The molecule has 3 aliphatic heterocycles. The number of nitrogens with zero attached hydrogens (tertiary/aromatic N) is 2. The number of fused-ring (bicyclic) bond motifs is 1. The summed E-state index contributed by atoms with van der Waals surface area (Å²) in [6.45, 7) is 7.32. The first-order chi connectivity index (χ1) is 12.3. The highest BCUT2D eigenvalue weighted by atomic mass is 16.5. The molecule has 0 bridgehead atoms. The van der Waals surface area contributed by atoms with Gasteiger partial charge in [-0.15, -0.1) is 0 Å². The van der Waals surface area contributed by atoms with Crippen LogP contribution in [0.2, 0.25) is 0 Å². The first-order valence-corrected chi connectivity index (χ1v) is 10.1. The second kappa shape index (κ2) is 6.57. The Bertz CT molecular complexity index is 614. The van der Waals surface area contributed by atoms with E-state index in [2.05, 4.69) is 28.0 Å². The molecule has 0 unspecified atom stereocenters. The van der Waals surface area contributed by atoms with Crippen molar-refractivity contribution in [1.82, 2.24) is 9.80 Å². The molecule has 5 rings (SSSR count). The number of hydrogen-bond donors (Lipinski definition) is 0. The first kappa shape index (κ1) is 16.1. The number of hydrogen-bond acceptors (Lipinski definition) is 4. The minimum Gasteiger partial charge on any atom is -0.487 e. The number of likely N-dealkylation sites (tertiary alicyclic amines) is 1. The Morgan fingerprint density at radius 1 is 1.04 bits per heavy atom. The van der Waals surface area contributed by atoms with Crippen LogP contribution < -0.4 is 4.74 Å². The maximum absolute atomic E-state index is 6.50. The van der Waals surface area contributed by atoms with Crippen molar-refractivity contribution < 1.29 is 9.47 Å². The van der Waals surface area contributed by atoms with Crippen LogP contribution in [-0.4, -0.2) is 60.8 Å². The predicted molar refractivity (Wildman–Crippen MR) is 98.0 cm³/mol. The Labute approximate surface area is 151 Å². The van der Waals surface area contributed by atoms with Gasteiger partial charge in [0.1, 0.15) is 11.4 Å². The van der Waals surface area contributed by atoms with E-state index in [9.17, 15) is 0 Å². The number of rotatable bonds is 3. The van der Waals surface area contributed by atoms with Crippen LogP contribution in [0.25, 0.3) is 0 Å². The van der Waals surface area contributed by atoms with Gasteiger partial charge in [-0.05, 0) is 30.0 Å². The fraction of sp³-hybridized carbons (Fsp3) is 0.714. The molecule has 25 heavy (non-hydrogen) atoms. The van der Waals surface area contributed by atoms with E-state index in [-0.39, 0.29) is 5.60 Å². The Morgan fingerprint density at radius 2 is 1.84 bits per heavy atom. The highest BCUT2D eigenvalue weighted by Crippen LogP contribution is 2.42. The van der Waals surface area contributed by atoms with E-state index in [1.807, 2.05) is 0 Å². The van der Waals surface area contributed by atoms with Crippen LogP contribution in [0.3, 0.4) is 0 Å². The van der Waals surface area contributed by atoms with Gasteiger partial charge in [0.15, 0.2) is 0 Å². The van der Waals surface area contributed by atoms with Crippen LogP contribution in [0.5, 0.6) is 5.75 Å². The molecule has 0 radical (unpaired) electrons. The lowest BCUT2D eigenvalue weighted by molar-refractivity contribution is -0.00746. The summed E-state index contributed by atoms with van der Waals surface area (Å²) in [4.78, 5) is 5.21. The molecule has 0 amide bonds. The molecule has 136 valence electrons. The van der Waals surface area contributed by atoms with Crippen molar-refractivity contribution in [2.75, 3.05) is 39.4 Å². The molecule has 0 atom stereocenters. The van der Waals surface area contributed by atoms with Gasteiger partial charge < -0.3 is 14.4 Å². The molecule has 1 aliphatic carbocycles. The van der Waals surface area contributed by atoms with Crippen LogP contribution in [-0.2, 0) is 17.7 Å². The lowest BCUT2D eigenvalue weighted by Crippen LogP contribution is -2.52. The van der Waals surface area contributed by atoms with Gasteiger partial charge >= 0.3 is 0 Å². The summed E-state index contributed by atoms with van der Waals surface area (Å²) >= 11 is 0. The second-order valence-electron chi connectivity index (χ2n) is 8.41. The first-order valence-electron chi connectivity index (χ1n) is 10.1. The zero-order valence-corrected chi connectivity index (χ0v) is 15.2. The summed E-state index contributed by atoms with van der Waals surface area (Å²) in [7, 11) is 0. The van der Waals surface area contributed by atoms with Gasteiger partial charge in [-0.2, -0.15) is 0 Å². The number of morpholine rings is 1.